The molecule has 19 heavy (non-hydrogen) atoms. The van der Waals surface area contributed by atoms with Crippen LogP contribution in [0, 0.1) is 0 Å². The molecule has 0 fully saturated rings. The van der Waals surface area contributed by atoms with Gasteiger partial charge in [-0.2, -0.15) is 0 Å². The topological polar surface area (TPSA) is 114 Å². The molecule has 0 rings (SSSR count). The first-order valence-electron chi connectivity index (χ1n) is 5.95. The summed E-state index contributed by atoms with van der Waals surface area (Å²) in [7, 11) is -4.06. The van der Waals surface area contributed by atoms with Crippen LogP contribution in [0.4, 0.5) is 0 Å². The fourth-order valence-electron chi connectivity index (χ4n) is 1.20. The number of nitrogens with one attached hydrogen (secondary N) is 2. The number of ether oxygens (including phenoxy) is 2. The van der Waals surface area contributed by atoms with Gasteiger partial charge in [0.25, 0.3) is 0 Å². The zero-order chi connectivity index (χ0) is 15.1. The van der Waals surface area contributed by atoms with Crippen LogP contribution in [0.1, 0.15) is 27.7 Å². The molecule has 0 heterocycles. The molecule has 112 valence electrons. The molecule has 9 heteroatoms. The van der Waals surface area contributed by atoms with Crippen LogP contribution in [-0.2, 0) is 23.6 Å². The number of hydrogen-bond donors (Lipinski definition) is 3. The van der Waals surface area contributed by atoms with Gasteiger partial charge in [0, 0.05) is 0 Å². The van der Waals surface area contributed by atoms with Gasteiger partial charge in [-0.25, -0.2) is 10.2 Å². The van der Waals surface area contributed by atoms with Crippen LogP contribution in [0.3, 0.4) is 0 Å². The summed E-state index contributed by atoms with van der Waals surface area (Å²) >= 11 is 0. The summed E-state index contributed by atoms with van der Waals surface area (Å²) in [6.07, 6.45) is 0. The van der Waals surface area contributed by atoms with Gasteiger partial charge in [0.15, 0.2) is 0 Å². The van der Waals surface area contributed by atoms with Crippen molar-refractivity contribution < 1.29 is 28.5 Å². The Labute approximate surface area is 112 Å². The lowest BCUT2D eigenvalue weighted by molar-refractivity contribution is -0.145. The van der Waals surface area contributed by atoms with Crippen LogP contribution in [0.2, 0.25) is 0 Å². The van der Waals surface area contributed by atoms with Crippen molar-refractivity contribution in [1.82, 2.24) is 10.2 Å². The average molecular weight is 296 g/mol. The third-order valence-electron chi connectivity index (χ3n) is 2.02. The number of carbonyl (C=O) groups excluding carboxylic acids is 2. The van der Waals surface area contributed by atoms with Crippen molar-refractivity contribution in [3.05, 3.63) is 0 Å². The van der Waals surface area contributed by atoms with E-state index in [1.165, 1.54) is 13.8 Å². The lowest BCUT2D eigenvalue weighted by atomic mass is 10.4. The molecule has 0 saturated carbocycles. The minimum atomic E-state index is -4.06. The van der Waals surface area contributed by atoms with Gasteiger partial charge in [-0.3, -0.25) is 14.2 Å². The average Bonchev–Trinajstić information content (AvgIpc) is 2.28. The first-order chi connectivity index (χ1) is 8.73. The summed E-state index contributed by atoms with van der Waals surface area (Å²) in [5.41, 5.74) is 0. The van der Waals surface area contributed by atoms with Crippen molar-refractivity contribution in [2.75, 3.05) is 13.2 Å². The Morgan fingerprint density at radius 3 is 1.63 bits per heavy atom. The van der Waals surface area contributed by atoms with E-state index in [1.807, 2.05) is 0 Å². The maximum atomic E-state index is 11.8. The normalized spacial score (nSPS) is 17.1. The van der Waals surface area contributed by atoms with Crippen LogP contribution in [-0.4, -0.2) is 42.1 Å². The minimum Gasteiger partial charge on any atom is -0.465 e. The molecule has 0 amide bonds. The van der Waals surface area contributed by atoms with Gasteiger partial charge in [-0.05, 0) is 27.7 Å². The molecular formula is C10H21N2O6P. The molecule has 0 aliphatic heterocycles. The third kappa shape index (κ3) is 7.27. The van der Waals surface area contributed by atoms with Crippen molar-refractivity contribution in [3.8, 4) is 0 Å². The Hall–Kier alpha value is -0.950. The second-order valence-corrected chi connectivity index (χ2v) is 5.45. The molecule has 0 aromatic heterocycles. The summed E-state index contributed by atoms with van der Waals surface area (Å²) in [4.78, 5) is 32.2. The molecule has 0 saturated heterocycles. The zero-order valence-electron chi connectivity index (χ0n) is 11.5. The quantitative estimate of drug-likeness (QED) is 0.429. The van der Waals surface area contributed by atoms with E-state index in [9.17, 15) is 19.0 Å². The number of hydrogen-bond acceptors (Lipinski definition) is 5. The second-order valence-electron chi connectivity index (χ2n) is 3.78. The Morgan fingerprint density at radius 2 is 1.37 bits per heavy atom. The van der Waals surface area contributed by atoms with Gasteiger partial charge in [0.2, 0.25) is 0 Å². The third-order valence-corrected chi connectivity index (χ3v) is 3.49. The van der Waals surface area contributed by atoms with Gasteiger partial charge >= 0.3 is 19.6 Å². The van der Waals surface area contributed by atoms with E-state index in [0.717, 1.165) is 0 Å². The number of esters is 2. The number of carbonyl (C=O) groups is 2. The van der Waals surface area contributed by atoms with Crippen LogP contribution in [0.5, 0.6) is 0 Å². The predicted octanol–water partition coefficient (Wildman–Crippen LogP) is 0.169. The fraction of sp³-hybridized carbons (Fsp3) is 0.800. The highest BCUT2D eigenvalue weighted by Crippen LogP contribution is 2.31. The van der Waals surface area contributed by atoms with Crippen LogP contribution in [0.25, 0.3) is 0 Å². The monoisotopic (exact) mass is 296 g/mol. The lowest BCUT2D eigenvalue weighted by Gasteiger charge is -2.21. The molecule has 8 nitrogen and oxygen atoms in total. The molecular weight excluding hydrogens is 275 g/mol. The number of rotatable bonds is 8. The summed E-state index contributed by atoms with van der Waals surface area (Å²) < 4.78 is 21.1. The van der Waals surface area contributed by atoms with E-state index in [-0.39, 0.29) is 13.2 Å². The molecule has 2 atom stereocenters. The van der Waals surface area contributed by atoms with Crippen molar-refractivity contribution in [2.24, 2.45) is 0 Å². The van der Waals surface area contributed by atoms with Gasteiger partial charge in [-0.1, -0.05) is 0 Å². The second kappa shape index (κ2) is 8.27. The van der Waals surface area contributed by atoms with Crippen LogP contribution in [0.15, 0.2) is 0 Å². The Balaban J connectivity index is 4.43. The maximum absolute atomic E-state index is 11.8. The highest BCUT2D eigenvalue weighted by Gasteiger charge is 2.29. The molecule has 0 aromatic rings. The largest absolute Gasteiger partial charge is 0.465 e. The summed E-state index contributed by atoms with van der Waals surface area (Å²) in [6, 6.07) is -1.95. The SMILES string of the molecule is CCOC(=O)C(C)NP(=O)(O)NC(C)C(=O)OCC. The summed E-state index contributed by atoms with van der Waals surface area (Å²) in [5.74, 6) is -1.30. The first kappa shape index (κ1) is 18.0. The van der Waals surface area contributed by atoms with Crippen molar-refractivity contribution in [2.45, 2.75) is 39.8 Å². The van der Waals surface area contributed by atoms with Crippen molar-refractivity contribution in [3.63, 3.8) is 0 Å². The minimum absolute atomic E-state index is 0.174. The molecule has 0 spiro atoms. The molecule has 0 aromatic carbocycles. The maximum Gasteiger partial charge on any atom is 0.339 e. The van der Waals surface area contributed by atoms with E-state index in [4.69, 9.17) is 0 Å². The molecule has 0 radical (unpaired) electrons. The van der Waals surface area contributed by atoms with E-state index in [2.05, 4.69) is 19.6 Å². The Morgan fingerprint density at radius 1 is 1.05 bits per heavy atom. The van der Waals surface area contributed by atoms with Gasteiger partial charge in [0.1, 0.15) is 12.1 Å². The molecule has 0 aliphatic rings. The first-order valence-corrected chi connectivity index (χ1v) is 7.61. The highest BCUT2D eigenvalue weighted by molar-refractivity contribution is 7.53. The molecule has 0 aliphatic carbocycles. The Bertz CT molecular complexity index is 332. The van der Waals surface area contributed by atoms with Crippen molar-refractivity contribution in [1.29, 1.82) is 0 Å². The fourth-order valence-corrected chi connectivity index (χ4v) is 2.54. The molecule has 0 bridgehead atoms. The van der Waals surface area contributed by atoms with Crippen LogP contribution < -0.4 is 10.2 Å². The van der Waals surface area contributed by atoms with Crippen LogP contribution >= 0.6 is 7.67 Å². The molecule has 3 N–H and O–H groups in total. The lowest BCUT2D eigenvalue weighted by Crippen LogP contribution is -2.41. The summed E-state index contributed by atoms with van der Waals surface area (Å²) in [6.45, 7) is 6.38. The van der Waals surface area contributed by atoms with E-state index >= 15 is 0 Å². The molecule has 2 unspecified atom stereocenters. The van der Waals surface area contributed by atoms with E-state index in [0.29, 0.717) is 0 Å². The smallest absolute Gasteiger partial charge is 0.339 e. The predicted molar refractivity (Wildman–Crippen MR) is 68.3 cm³/mol. The van der Waals surface area contributed by atoms with Crippen molar-refractivity contribution >= 4 is 19.6 Å². The summed E-state index contributed by atoms with van der Waals surface area (Å²) in [5, 5.41) is 4.37. The van der Waals surface area contributed by atoms with Gasteiger partial charge in [0.05, 0.1) is 13.2 Å². The zero-order valence-corrected chi connectivity index (χ0v) is 12.4. The van der Waals surface area contributed by atoms with E-state index < -0.39 is 31.7 Å². The van der Waals surface area contributed by atoms with Gasteiger partial charge in [-0.15, -0.1) is 0 Å². The Kier molecular flexibility index (Phi) is 7.85. The standard InChI is InChI=1S/C10H21N2O6P/c1-5-17-9(13)7(3)11-19(15,16)12-8(4)10(14)18-6-2/h7-8H,5-6H2,1-4H3,(H3,11,12,15,16). The van der Waals surface area contributed by atoms with Gasteiger partial charge < -0.3 is 14.4 Å². The van der Waals surface area contributed by atoms with E-state index in [1.54, 1.807) is 13.8 Å². The highest BCUT2D eigenvalue weighted by atomic mass is 31.2.